The van der Waals surface area contributed by atoms with Crippen LogP contribution in [-0.4, -0.2) is 16.1 Å². The molecule has 0 atom stereocenters. The lowest BCUT2D eigenvalue weighted by Gasteiger charge is -2.08. The Morgan fingerprint density at radius 3 is 2.58 bits per heavy atom. The number of pyridine rings is 1. The van der Waals surface area contributed by atoms with E-state index in [1.165, 1.54) is 24.3 Å². The van der Waals surface area contributed by atoms with Crippen molar-refractivity contribution in [3.05, 3.63) is 53.0 Å². The van der Waals surface area contributed by atoms with Crippen molar-refractivity contribution in [1.82, 2.24) is 4.98 Å². The van der Waals surface area contributed by atoms with Crippen LogP contribution >= 0.6 is 0 Å². The molecule has 0 unspecified atom stereocenters. The molecule has 0 saturated carbocycles. The summed E-state index contributed by atoms with van der Waals surface area (Å²) >= 11 is 0. The minimum absolute atomic E-state index is 0.142. The molecule has 0 amide bonds. The minimum Gasteiger partial charge on any atom is -0.478 e. The first kappa shape index (κ1) is 13.0. The van der Waals surface area contributed by atoms with Gasteiger partial charge in [-0.15, -0.1) is 0 Å². The number of nitrogens with zero attached hydrogens (tertiary/aromatic N) is 1. The van der Waals surface area contributed by atoms with E-state index in [0.29, 0.717) is 17.2 Å². The molecule has 1 aromatic carbocycles. The molecule has 0 radical (unpaired) electrons. The molecule has 0 aliphatic heterocycles. The Morgan fingerprint density at radius 2 is 1.95 bits per heavy atom. The van der Waals surface area contributed by atoms with Gasteiger partial charge in [0.1, 0.15) is 11.6 Å². The van der Waals surface area contributed by atoms with Gasteiger partial charge in [-0.3, -0.25) is 0 Å². The van der Waals surface area contributed by atoms with Crippen LogP contribution in [0.4, 0.5) is 15.9 Å². The van der Waals surface area contributed by atoms with Crippen LogP contribution in [0, 0.1) is 19.7 Å². The number of nitrogens with one attached hydrogen (secondary N) is 1. The minimum atomic E-state index is -1.02. The lowest BCUT2D eigenvalue weighted by Crippen LogP contribution is -2.02. The van der Waals surface area contributed by atoms with Gasteiger partial charge in [0.05, 0.1) is 5.56 Å². The van der Waals surface area contributed by atoms with Crippen LogP contribution < -0.4 is 5.32 Å². The Labute approximate surface area is 109 Å². The van der Waals surface area contributed by atoms with E-state index in [1.807, 2.05) is 0 Å². The number of halogens is 1. The van der Waals surface area contributed by atoms with E-state index in [9.17, 15) is 9.18 Å². The molecule has 0 spiro atoms. The fourth-order valence-corrected chi connectivity index (χ4v) is 1.81. The molecular formula is C14H13FN2O2. The summed E-state index contributed by atoms with van der Waals surface area (Å²) in [7, 11) is 0. The van der Waals surface area contributed by atoms with Gasteiger partial charge in [-0.1, -0.05) is 0 Å². The number of carbonyl (C=O) groups is 1. The Morgan fingerprint density at radius 1 is 1.21 bits per heavy atom. The summed E-state index contributed by atoms with van der Waals surface area (Å²) < 4.78 is 13.3. The quantitative estimate of drug-likeness (QED) is 0.889. The van der Waals surface area contributed by atoms with Gasteiger partial charge in [0.2, 0.25) is 0 Å². The summed E-state index contributed by atoms with van der Waals surface area (Å²) in [6.07, 6.45) is 0. The summed E-state index contributed by atoms with van der Waals surface area (Å²) in [6.45, 7) is 3.48. The van der Waals surface area contributed by atoms with Crippen molar-refractivity contribution in [2.45, 2.75) is 13.8 Å². The van der Waals surface area contributed by atoms with E-state index in [4.69, 9.17) is 5.11 Å². The smallest absolute Gasteiger partial charge is 0.335 e. The molecule has 1 heterocycles. The van der Waals surface area contributed by atoms with Crippen molar-refractivity contribution in [3.8, 4) is 0 Å². The lowest BCUT2D eigenvalue weighted by atomic mass is 10.2. The van der Waals surface area contributed by atoms with E-state index >= 15 is 0 Å². The highest BCUT2D eigenvalue weighted by Gasteiger charge is 2.07. The second-order valence-electron chi connectivity index (χ2n) is 4.33. The van der Waals surface area contributed by atoms with Crippen molar-refractivity contribution in [2.24, 2.45) is 0 Å². The van der Waals surface area contributed by atoms with Gasteiger partial charge in [0.15, 0.2) is 0 Å². The monoisotopic (exact) mass is 260 g/mol. The summed E-state index contributed by atoms with van der Waals surface area (Å²) in [6, 6.07) is 7.39. The molecule has 0 saturated heterocycles. The van der Waals surface area contributed by atoms with E-state index in [2.05, 4.69) is 10.3 Å². The first-order valence-electron chi connectivity index (χ1n) is 5.70. The summed E-state index contributed by atoms with van der Waals surface area (Å²) in [5, 5.41) is 11.9. The highest BCUT2D eigenvalue weighted by atomic mass is 19.1. The number of carboxylic acids is 1. The molecule has 19 heavy (non-hydrogen) atoms. The maximum Gasteiger partial charge on any atom is 0.335 e. The molecule has 2 rings (SSSR count). The van der Waals surface area contributed by atoms with Crippen LogP contribution in [0.3, 0.4) is 0 Å². The predicted octanol–water partition coefficient (Wildman–Crippen LogP) is 3.28. The summed E-state index contributed by atoms with van der Waals surface area (Å²) in [4.78, 5) is 15.1. The molecule has 2 N–H and O–H groups in total. The second-order valence-corrected chi connectivity index (χ2v) is 4.33. The molecule has 0 aliphatic rings. The summed E-state index contributed by atoms with van der Waals surface area (Å²) in [5.74, 6) is -1.00. The zero-order valence-electron chi connectivity index (χ0n) is 10.6. The fraction of sp³-hybridized carbons (Fsp3) is 0.143. The van der Waals surface area contributed by atoms with E-state index in [1.54, 1.807) is 19.9 Å². The number of aromatic carboxylic acids is 1. The average molecular weight is 260 g/mol. The highest BCUT2D eigenvalue weighted by molar-refractivity contribution is 5.88. The third kappa shape index (κ3) is 3.28. The number of anilines is 2. The van der Waals surface area contributed by atoms with Crippen molar-refractivity contribution < 1.29 is 14.3 Å². The Balaban J connectivity index is 2.35. The van der Waals surface area contributed by atoms with Crippen LogP contribution in [0.1, 0.15) is 21.6 Å². The first-order valence-corrected chi connectivity index (χ1v) is 5.70. The van der Waals surface area contributed by atoms with Gasteiger partial charge >= 0.3 is 5.97 Å². The van der Waals surface area contributed by atoms with Gasteiger partial charge in [0, 0.05) is 11.4 Å². The molecule has 0 bridgehead atoms. The second kappa shape index (κ2) is 5.06. The van der Waals surface area contributed by atoms with Crippen LogP contribution in [0.25, 0.3) is 0 Å². The number of benzene rings is 1. The third-order valence-corrected chi connectivity index (χ3v) is 2.51. The normalized spacial score (nSPS) is 10.3. The van der Waals surface area contributed by atoms with E-state index < -0.39 is 5.97 Å². The number of hydrogen-bond donors (Lipinski definition) is 2. The van der Waals surface area contributed by atoms with Crippen LogP contribution in [0.15, 0.2) is 30.3 Å². The van der Waals surface area contributed by atoms with Gasteiger partial charge in [0.25, 0.3) is 0 Å². The van der Waals surface area contributed by atoms with Gasteiger partial charge < -0.3 is 10.4 Å². The Bertz CT molecular complexity index is 621. The zero-order valence-corrected chi connectivity index (χ0v) is 10.6. The van der Waals surface area contributed by atoms with Crippen molar-refractivity contribution in [2.75, 3.05) is 5.32 Å². The van der Waals surface area contributed by atoms with Crippen molar-refractivity contribution in [3.63, 3.8) is 0 Å². The molecule has 0 aliphatic carbocycles. The molecule has 98 valence electrons. The van der Waals surface area contributed by atoms with Crippen LogP contribution in [0.2, 0.25) is 0 Å². The van der Waals surface area contributed by atoms with Crippen molar-refractivity contribution >= 4 is 17.5 Å². The number of aromatic nitrogens is 1. The first-order chi connectivity index (χ1) is 8.94. The number of hydrogen-bond acceptors (Lipinski definition) is 3. The standard InChI is InChI=1S/C14H13FN2O2/c1-8-3-11(15)7-12(4-8)17-13-6-10(14(18)19)5-9(2)16-13/h3-7H,1-2H3,(H,16,17)(H,18,19). The largest absolute Gasteiger partial charge is 0.478 e. The van der Waals surface area contributed by atoms with Crippen molar-refractivity contribution in [1.29, 1.82) is 0 Å². The fourth-order valence-electron chi connectivity index (χ4n) is 1.81. The molecule has 5 heteroatoms. The van der Waals surface area contributed by atoms with E-state index in [0.717, 1.165) is 5.56 Å². The molecular weight excluding hydrogens is 247 g/mol. The van der Waals surface area contributed by atoms with Gasteiger partial charge in [-0.25, -0.2) is 14.2 Å². The van der Waals surface area contributed by atoms with E-state index in [-0.39, 0.29) is 11.4 Å². The van der Waals surface area contributed by atoms with Crippen LogP contribution in [-0.2, 0) is 0 Å². The molecule has 1 aromatic heterocycles. The number of aryl methyl sites for hydroxylation is 2. The molecule has 2 aromatic rings. The average Bonchev–Trinajstić information content (AvgIpc) is 2.26. The topological polar surface area (TPSA) is 62.2 Å². The Hall–Kier alpha value is -2.43. The predicted molar refractivity (Wildman–Crippen MR) is 70.4 cm³/mol. The number of rotatable bonds is 3. The Kier molecular flexibility index (Phi) is 3.46. The third-order valence-electron chi connectivity index (χ3n) is 2.51. The SMILES string of the molecule is Cc1cc(F)cc(Nc2cc(C(=O)O)cc(C)n2)c1. The van der Waals surface area contributed by atoms with Gasteiger partial charge in [-0.05, 0) is 49.7 Å². The van der Waals surface area contributed by atoms with Crippen LogP contribution in [0.5, 0.6) is 0 Å². The highest BCUT2D eigenvalue weighted by Crippen LogP contribution is 2.19. The maximum atomic E-state index is 13.3. The molecule has 0 fully saturated rings. The number of carboxylic acid groups (broad SMARTS) is 1. The van der Waals surface area contributed by atoms with Gasteiger partial charge in [-0.2, -0.15) is 0 Å². The lowest BCUT2D eigenvalue weighted by molar-refractivity contribution is 0.0696. The molecule has 4 nitrogen and oxygen atoms in total. The summed E-state index contributed by atoms with van der Waals surface area (Å²) in [5.41, 5.74) is 2.03. The maximum absolute atomic E-state index is 13.3. The zero-order chi connectivity index (χ0) is 14.0.